The molecule has 1 aliphatic heterocycles. The van der Waals surface area contributed by atoms with E-state index in [0.717, 1.165) is 18.4 Å². The van der Waals surface area contributed by atoms with Crippen LogP contribution in [0.4, 0.5) is 10.5 Å². The number of benzene rings is 1. The van der Waals surface area contributed by atoms with Gasteiger partial charge in [0.1, 0.15) is 0 Å². The Balaban J connectivity index is 1.51. The molecule has 4 rings (SSSR count). The van der Waals surface area contributed by atoms with E-state index in [4.69, 9.17) is 0 Å². The van der Waals surface area contributed by atoms with E-state index in [1.54, 1.807) is 29.4 Å². The molecule has 2 heterocycles. The number of urea groups is 1. The molecule has 1 aromatic carbocycles. The van der Waals surface area contributed by atoms with Crippen molar-refractivity contribution in [2.24, 2.45) is 0 Å². The number of aromatic nitrogens is 1. The van der Waals surface area contributed by atoms with Crippen molar-refractivity contribution in [3.63, 3.8) is 0 Å². The molecule has 2 aliphatic rings. The van der Waals surface area contributed by atoms with Gasteiger partial charge >= 0.3 is 6.03 Å². The molecule has 7 heteroatoms. The summed E-state index contributed by atoms with van der Waals surface area (Å²) in [6.07, 6.45) is 5.38. The number of rotatable bonds is 4. The minimum absolute atomic E-state index is 0.219. The molecule has 4 amide bonds. The van der Waals surface area contributed by atoms with Crippen LogP contribution < -0.4 is 10.6 Å². The fourth-order valence-electron chi connectivity index (χ4n) is 2.88. The zero-order chi connectivity index (χ0) is 17.4. The zero-order valence-corrected chi connectivity index (χ0v) is 13.4. The van der Waals surface area contributed by atoms with Crippen LogP contribution in [0, 0.1) is 0 Å². The highest BCUT2D eigenvalue weighted by Crippen LogP contribution is 2.29. The number of carbonyl (C=O) groups excluding carboxylic acids is 3. The first kappa shape index (κ1) is 15.3. The third kappa shape index (κ3) is 3.08. The van der Waals surface area contributed by atoms with Gasteiger partial charge in [-0.25, -0.2) is 4.79 Å². The van der Waals surface area contributed by atoms with E-state index < -0.39 is 11.8 Å². The van der Waals surface area contributed by atoms with Gasteiger partial charge in [-0.3, -0.25) is 19.9 Å². The van der Waals surface area contributed by atoms with Gasteiger partial charge in [0.2, 0.25) is 0 Å². The minimum Gasteiger partial charge on any atom is -0.317 e. The molecular weight excluding hydrogens is 320 g/mol. The Hall–Kier alpha value is -3.22. The second-order valence-electron chi connectivity index (χ2n) is 6.19. The molecule has 1 fully saturated rings. The van der Waals surface area contributed by atoms with Crippen LogP contribution >= 0.6 is 0 Å². The second kappa shape index (κ2) is 6.01. The fraction of sp³-hybridized carbons (Fsp3) is 0.222. The molecule has 2 aromatic rings. The number of pyridine rings is 1. The van der Waals surface area contributed by atoms with Crippen LogP contribution in [-0.2, 0) is 6.54 Å². The van der Waals surface area contributed by atoms with Crippen LogP contribution in [0.1, 0.15) is 39.1 Å². The topological polar surface area (TPSA) is 91.4 Å². The highest BCUT2D eigenvalue weighted by atomic mass is 16.2. The van der Waals surface area contributed by atoms with Crippen molar-refractivity contribution in [1.29, 1.82) is 0 Å². The van der Waals surface area contributed by atoms with E-state index in [-0.39, 0.29) is 17.6 Å². The predicted octanol–water partition coefficient (Wildman–Crippen LogP) is 2.16. The minimum atomic E-state index is -0.438. The van der Waals surface area contributed by atoms with Crippen LogP contribution in [0.5, 0.6) is 0 Å². The van der Waals surface area contributed by atoms with Crippen LogP contribution in [-0.4, -0.2) is 33.8 Å². The zero-order valence-electron chi connectivity index (χ0n) is 13.4. The van der Waals surface area contributed by atoms with E-state index in [2.05, 4.69) is 15.6 Å². The van der Waals surface area contributed by atoms with Gasteiger partial charge in [0.25, 0.3) is 11.8 Å². The molecule has 0 unspecified atom stereocenters. The summed E-state index contributed by atoms with van der Waals surface area (Å²) >= 11 is 0. The van der Waals surface area contributed by atoms with Crippen molar-refractivity contribution >= 4 is 23.5 Å². The smallest absolute Gasteiger partial charge is 0.317 e. The summed E-state index contributed by atoms with van der Waals surface area (Å²) in [5.41, 5.74) is 2.12. The van der Waals surface area contributed by atoms with Gasteiger partial charge in [0.05, 0.1) is 11.1 Å². The summed E-state index contributed by atoms with van der Waals surface area (Å²) in [7, 11) is 0. The monoisotopic (exact) mass is 336 g/mol. The Kier molecular flexibility index (Phi) is 3.68. The maximum absolute atomic E-state index is 12.7. The van der Waals surface area contributed by atoms with Crippen LogP contribution in [0.2, 0.25) is 0 Å². The second-order valence-corrected chi connectivity index (χ2v) is 6.19. The maximum atomic E-state index is 12.7. The summed E-state index contributed by atoms with van der Waals surface area (Å²) in [4.78, 5) is 41.8. The summed E-state index contributed by atoms with van der Waals surface area (Å²) in [6.45, 7) is 0.503. The number of nitrogens with zero attached hydrogens (tertiary/aromatic N) is 2. The highest BCUT2D eigenvalue weighted by Gasteiger charge is 2.33. The van der Waals surface area contributed by atoms with Gasteiger partial charge in [-0.2, -0.15) is 0 Å². The number of hydrogen-bond donors (Lipinski definition) is 2. The Morgan fingerprint density at radius 3 is 2.56 bits per heavy atom. The fourth-order valence-corrected chi connectivity index (χ4v) is 2.88. The summed E-state index contributed by atoms with van der Waals surface area (Å²) < 4.78 is 0. The van der Waals surface area contributed by atoms with Crippen molar-refractivity contribution in [1.82, 2.24) is 15.2 Å². The first-order valence-corrected chi connectivity index (χ1v) is 8.08. The van der Waals surface area contributed by atoms with Crippen molar-refractivity contribution in [3.05, 3.63) is 59.4 Å². The number of carbonyl (C=O) groups is 3. The van der Waals surface area contributed by atoms with Crippen molar-refractivity contribution in [2.75, 3.05) is 5.32 Å². The number of anilines is 1. The Morgan fingerprint density at radius 2 is 1.84 bits per heavy atom. The highest BCUT2D eigenvalue weighted by molar-refractivity contribution is 6.22. The van der Waals surface area contributed by atoms with Crippen molar-refractivity contribution in [3.8, 4) is 0 Å². The van der Waals surface area contributed by atoms with Crippen molar-refractivity contribution in [2.45, 2.75) is 25.4 Å². The molecular formula is C18H16N4O3. The molecule has 0 atom stereocenters. The lowest BCUT2D eigenvalue weighted by atomic mass is 10.1. The predicted molar refractivity (Wildman–Crippen MR) is 90.1 cm³/mol. The summed E-state index contributed by atoms with van der Waals surface area (Å²) in [6, 6.07) is 8.49. The number of amides is 4. The van der Waals surface area contributed by atoms with E-state index in [0.29, 0.717) is 17.8 Å². The van der Waals surface area contributed by atoms with Gasteiger partial charge in [-0.05, 0) is 48.7 Å². The number of nitrogens with one attached hydrogen (secondary N) is 2. The molecule has 25 heavy (non-hydrogen) atoms. The van der Waals surface area contributed by atoms with E-state index in [1.807, 2.05) is 12.1 Å². The number of fused-ring (bicyclic) bond motifs is 1. The summed E-state index contributed by atoms with van der Waals surface area (Å²) in [5.74, 6) is -0.845. The standard InChI is InChI=1S/C18H16N4O3/c23-16-14-4-1-12(9-15(14)17(24)21-16)20-18(25)22(13-2-3-13)10-11-5-7-19-8-6-11/h1,4-9,13H,2-3,10H2,(H,20,25)(H,21,23,24). The molecule has 0 saturated heterocycles. The Morgan fingerprint density at radius 1 is 1.12 bits per heavy atom. The molecule has 1 saturated carbocycles. The first-order chi connectivity index (χ1) is 12.1. The third-order valence-corrected chi connectivity index (χ3v) is 4.34. The average Bonchev–Trinajstić information content (AvgIpc) is 3.41. The van der Waals surface area contributed by atoms with Gasteiger partial charge < -0.3 is 10.2 Å². The van der Waals surface area contributed by atoms with E-state index in [9.17, 15) is 14.4 Å². The SMILES string of the molecule is O=C1NC(=O)c2cc(NC(=O)N(Cc3ccncc3)C3CC3)ccc21. The lowest BCUT2D eigenvalue weighted by molar-refractivity contribution is 0.0879. The van der Waals surface area contributed by atoms with Crippen LogP contribution in [0.15, 0.2) is 42.7 Å². The quantitative estimate of drug-likeness (QED) is 0.837. The molecule has 0 radical (unpaired) electrons. The molecule has 7 nitrogen and oxygen atoms in total. The van der Waals surface area contributed by atoms with Crippen molar-refractivity contribution < 1.29 is 14.4 Å². The van der Waals surface area contributed by atoms with Gasteiger partial charge in [0.15, 0.2) is 0 Å². The molecule has 2 N–H and O–H groups in total. The summed E-state index contributed by atoms with van der Waals surface area (Å²) in [5, 5.41) is 5.07. The van der Waals surface area contributed by atoms with Gasteiger partial charge in [-0.15, -0.1) is 0 Å². The molecule has 0 spiro atoms. The lowest BCUT2D eigenvalue weighted by Crippen LogP contribution is -2.36. The van der Waals surface area contributed by atoms with Gasteiger partial charge in [0, 0.05) is 30.7 Å². The molecule has 1 aliphatic carbocycles. The largest absolute Gasteiger partial charge is 0.322 e. The Bertz CT molecular complexity index is 862. The average molecular weight is 336 g/mol. The van der Waals surface area contributed by atoms with Crippen LogP contribution in [0.3, 0.4) is 0 Å². The van der Waals surface area contributed by atoms with Crippen LogP contribution in [0.25, 0.3) is 0 Å². The first-order valence-electron chi connectivity index (χ1n) is 8.08. The molecule has 1 aromatic heterocycles. The third-order valence-electron chi connectivity index (χ3n) is 4.34. The molecule has 126 valence electrons. The maximum Gasteiger partial charge on any atom is 0.322 e. The van der Waals surface area contributed by atoms with E-state index >= 15 is 0 Å². The molecule has 0 bridgehead atoms. The number of imide groups is 1. The normalized spacial score (nSPS) is 15.5. The lowest BCUT2D eigenvalue weighted by Gasteiger charge is -2.23. The Labute approximate surface area is 144 Å². The van der Waals surface area contributed by atoms with Gasteiger partial charge in [-0.1, -0.05) is 0 Å². The van der Waals surface area contributed by atoms with E-state index in [1.165, 1.54) is 6.07 Å². The number of hydrogen-bond acceptors (Lipinski definition) is 4.